The minimum Gasteiger partial charge on any atom is -0.384 e. The van der Waals surface area contributed by atoms with Crippen LogP contribution in [0.1, 0.15) is 25.7 Å². The maximum Gasteiger partial charge on any atom is 0.243 e. The number of halogens is 1. The molecule has 3 rings (SSSR count). The van der Waals surface area contributed by atoms with Crippen molar-refractivity contribution in [1.82, 2.24) is 9.80 Å². The molecule has 2 heterocycles. The smallest absolute Gasteiger partial charge is 0.243 e. The number of nitrogens with two attached hydrogens (primary N) is 1. The van der Waals surface area contributed by atoms with Crippen LogP contribution in [-0.4, -0.2) is 79.2 Å². The molecule has 1 saturated carbocycles. The molecular formula is C17H26ClN5O2. The standard InChI is InChI=1S/C17H26ClN5O2/c1-20-14-3-6-22(11-13(14)15(19)21-12-18)16(24)17(4-2-5-17)23-7-9-25-10-8-23/h1-12H2,(H2,19,21). The van der Waals surface area contributed by atoms with Gasteiger partial charge in [-0.1, -0.05) is 0 Å². The third-order valence-electron chi connectivity index (χ3n) is 5.53. The number of hydrogen-bond donors (Lipinski definition) is 1. The number of amidine groups is 1. The van der Waals surface area contributed by atoms with Crippen LogP contribution in [0.5, 0.6) is 0 Å². The average Bonchev–Trinajstić information content (AvgIpc) is 2.61. The van der Waals surface area contributed by atoms with E-state index in [-0.39, 0.29) is 17.5 Å². The molecule has 1 aliphatic carbocycles. The van der Waals surface area contributed by atoms with Gasteiger partial charge in [0.2, 0.25) is 5.91 Å². The maximum atomic E-state index is 13.4. The molecule has 3 aliphatic rings. The van der Waals surface area contributed by atoms with Crippen molar-refractivity contribution in [3.05, 3.63) is 11.3 Å². The first kappa shape index (κ1) is 18.4. The Hall–Kier alpha value is -1.44. The topological polar surface area (TPSA) is 83.5 Å². The van der Waals surface area contributed by atoms with Crippen molar-refractivity contribution in [3.63, 3.8) is 0 Å². The van der Waals surface area contributed by atoms with Gasteiger partial charge >= 0.3 is 0 Å². The van der Waals surface area contributed by atoms with E-state index in [4.69, 9.17) is 22.1 Å². The molecule has 8 heteroatoms. The Morgan fingerprint density at radius 3 is 2.60 bits per heavy atom. The molecule has 0 spiro atoms. The molecule has 0 bridgehead atoms. The van der Waals surface area contributed by atoms with Crippen LogP contribution < -0.4 is 5.73 Å². The van der Waals surface area contributed by atoms with E-state index < -0.39 is 0 Å². The number of carbonyl (C=O) groups excluding carboxylic acids is 1. The van der Waals surface area contributed by atoms with Crippen molar-refractivity contribution in [2.75, 3.05) is 45.4 Å². The number of morpholine rings is 1. The SMILES string of the molecule is C=NC1=C(/C(N)=N\CCl)CN(C(=O)C2(N3CCOCC3)CCC2)CC1. The van der Waals surface area contributed by atoms with Crippen LogP contribution in [0.3, 0.4) is 0 Å². The van der Waals surface area contributed by atoms with Gasteiger partial charge in [0.25, 0.3) is 0 Å². The molecular weight excluding hydrogens is 342 g/mol. The highest BCUT2D eigenvalue weighted by Crippen LogP contribution is 2.40. The van der Waals surface area contributed by atoms with Crippen LogP contribution in [0, 0.1) is 0 Å². The summed E-state index contributed by atoms with van der Waals surface area (Å²) in [5, 5.41) is 0. The van der Waals surface area contributed by atoms with Crippen LogP contribution in [-0.2, 0) is 9.53 Å². The Morgan fingerprint density at radius 1 is 1.32 bits per heavy atom. The third-order valence-corrected chi connectivity index (χ3v) is 5.65. The van der Waals surface area contributed by atoms with Crippen LogP contribution in [0.2, 0.25) is 0 Å². The predicted octanol–water partition coefficient (Wildman–Crippen LogP) is 0.982. The molecule has 138 valence electrons. The van der Waals surface area contributed by atoms with Gasteiger partial charge in [-0.2, -0.15) is 0 Å². The van der Waals surface area contributed by atoms with E-state index in [1.165, 1.54) is 0 Å². The Bertz CT molecular complexity index is 594. The average molecular weight is 368 g/mol. The van der Waals surface area contributed by atoms with E-state index in [0.717, 1.165) is 43.6 Å². The van der Waals surface area contributed by atoms with E-state index in [9.17, 15) is 4.79 Å². The quantitative estimate of drug-likeness (QED) is 0.340. The minimum absolute atomic E-state index is 0.0887. The van der Waals surface area contributed by atoms with Crippen LogP contribution >= 0.6 is 11.6 Å². The summed E-state index contributed by atoms with van der Waals surface area (Å²) in [6.45, 7) is 7.70. The first-order valence-corrected chi connectivity index (χ1v) is 9.33. The first-order valence-electron chi connectivity index (χ1n) is 8.79. The normalized spacial score (nSPS) is 24.8. The lowest BCUT2D eigenvalue weighted by atomic mass is 9.73. The molecule has 1 amide bonds. The van der Waals surface area contributed by atoms with Crippen molar-refractivity contribution in [2.45, 2.75) is 31.2 Å². The fraction of sp³-hybridized carbons (Fsp3) is 0.706. The second-order valence-corrected chi connectivity index (χ2v) is 6.95. The van der Waals surface area contributed by atoms with E-state index >= 15 is 0 Å². The summed E-state index contributed by atoms with van der Waals surface area (Å²) in [5.74, 6) is 0.545. The lowest BCUT2D eigenvalue weighted by molar-refractivity contribution is -0.155. The van der Waals surface area contributed by atoms with Crippen molar-refractivity contribution in [2.24, 2.45) is 15.7 Å². The highest BCUT2D eigenvalue weighted by atomic mass is 35.5. The van der Waals surface area contributed by atoms with Crippen LogP contribution in [0.15, 0.2) is 21.3 Å². The lowest BCUT2D eigenvalue weighted by Crippen LogP contribution is -2.66. The Labute approximate surface area is 153 Å². The van der Waals surface area contributed by atoms with E-state index in [2.05, 4.69) is 21.6 Å². The van der Waals surface area contributed by atoms with Crippen molar-refractivity contribution < 1.29 is 9.53 Å². The van der Waals surface area contributed by atoms with E-state index in [1.54, 1.807) is 0 Å². The first-order chi connectivity index (χ1) is 12.1. The van der Waals surface area contributed by atoms with Gasteiger partial charge in [0.15, 0.2) is 0 Å². The largest absolute Gasteiger partial charge is 0.384 e. The molecule has 2 aliphatic heterocycles. The number of carbonyl (C=O) groups is 1. The predicted molar refractivity (Wildman–Crippen MR) is 99.1 cm³/mol. The van der Waals surface area contributed by atoms with E-state index in [0.29, 0.717) is 38.6 Å². The molecule has 1 saturated heterocycles. The number of rotatable bonds is 5. The second-order valence-electron chi connectivity index (χ2n) is 6.71. The number of amides is 1. The van der Waals surface area contributed by atoms with Gasteiger partial charge in [-0.05, 0) is 26.0 Å². The summed E-state index contributed by atoms with van der Waals surface area (Å²) in [4.78, 5) is 25.7. The summed E-state index contributed by atoms with van der Waals surface area (Å²) in [6, 6.07) is 0.0887. The number of hydrogen-bond acceptors (Lipinski definition) is 5. The molecule has 0 aromatic heterocycles. The zero-order chi connectivity index (χ0) is 17.9. The molecule has 0 aromatic carbocycles. The van der Waals surface area contributed by atoms with Crippen LogP contribution in [0.4, 0.5) is 0 Å². The van der Waals surface area contributed by atoms with Gasteiger partial charge in [-0.25, -0.2) is 0 Å². The molecule has 2 N–H and O–H groups in total. The highest BCUT2D eigenvalue weighted by molar-refractivity contribution is 6.18. The fourth-order valence-electron chi connectivity index (χ4n) is 3.95. The lowest BCUT2D eigenvalue weighted by Gasteiger charge is -2.52. The molecule has 25 heavy (non-hydrogen) atoms. The van der Waals surface area contributed by atoms with Gasteiger partial charge in [0.05, 0.1) is 25.5 Å². The van der Waals surface area contributed by atoms with Crippen molar-refractivity contribution >= 4 is 30.1 Å². The summed E-state index contributed by atoms with van der Waals surface area (Å²) < 4.78 is 5.45. The maximum absolute atomic E-state index is 13.4. The van der Waals surface area contributed by atoms with Gasteiger partial charge < -0.3 is 15.4 Å². The van der Waals surface area contributed by atoms with E-state index in [1.807, 2.05) is 4.90 Å². The zero-order valence-electron chi connectivity index (χ0n) is 14.5. The van der Waals surface area contributed by atoms with Gasteiger partial charge in [0, 0.05) is 31.6 Å². The Balaban J connectivity index is 1.79. The Morgan fingerprint density at radius 2 is 2.04 bits per heavy atom. The van der Waals surface area contributed by atoms with Crippen molar-refractivity contribution in [3.8, 4) is 0 Å². The molecule has 0 atom stereocenters. The number of aliphatic imine (C=N–C) groups is 2. The Kier molecular flexibility index (Phi) is 5.76. The third kappa shape index (κ3) is 3.45. The molecule has 0 radical (unpaired) electrons. The van der Waals surface area contributed by atoms with Gasteiger partial charge in [0.1, 0.15) is 17.4 Å². The second kappa shape index (κ2) is 7.85. The molecule has 2 fully saturated rings. The monoisotopic (exact) mass is 367 g/mol. The van der Waals surface area contributed by atoms with Gasteiger partial charge in [-0.3, -0.25) is 19.7 Å². The summed E-state index contributed by atoms with van der Waals surface area (Å²) in [5.41, 5.74) is 7.25. The highest BCUT2D eigenvalue weighted by Gasteiger charge is 2.51. The van der Waals surface area contributed by atoms with Crippen LogP contribution in [0.25, 0.3) is 0 Å². The summed E-state index contributed by atoms with van der Waals surface area (Å²) >= 11 is 5.68. The fourth-order valence-corrected chi connectivity index (χ4v) is 4.08. The summed E-state index contributed by atoms with van der Waals surface area (Å²) in [6.07, 6.45) is 3.57. The number of ether oxygens (including phenoxy) is 1. The number of nitrogens with zero attached hydrogens (tertiary/aromatic N) is 4. The minimum atomic E-state index is -0.369. The van der Waals surface area contributed by atoms with Crippen molar-refractivity contribution in [1.29, 1.82) is 0 Å². The molecule has 0 aromatic rings. The van der Waals surface area contributed by atoms with Gasteiger partial charge in [-0.15, -0.1) is 11.6 Å². The number of alkyl halides is 1. The summed E-state index contributed by atoms with van der Waals surface area (Å²) in [7, 11) is 0. The molecule has 0 unspecified atom stereocenters. The molecule has 7 nitrogen and oxygen atoms in total. The zero-order valence-corrected chi connectivity index (χ0v) is 15.3.